The molecule has 0 atom stereocenters. The fraction of sp³-hybridized carbons (Fsp3) is 0.500. The fourth-order valence-corrected chi connectivity index (χ4v) is 3.58. The van der Waals surface area contributed by atoms with Crippen molar-refractivity contribution in [3.05, 3.63) is 41.6 Å². The summed E-state index contributed by atoms with van der Waals surface area (Å²) in [4.78, 5) is 23.9. The monoisotopic (exact) mass is 408 g/mol. The normalized spacial score (nSPS) is 15.3. The number of amides is 1. The molecule has 158 valence electrons. The highest BCUT2D eigenvalue weighted by molar-refractivity contribution is 5.95. The SMILES string of the molecule is Cc1c(C(=O)N2CCCCCC2)cnn1-c1ccc(-c2nc(C(C)(C)C)no2)cn1. The molecule has 0 aliphatic carbocycles. The molecule has 8 nitrogen and oxygen atoms in total. The van der Waals surface area contributed by atoms with Gasteiger partial charge in [-0.15, -0.1) is 0 Å². The summed E-state index contributed by atoms with van der Waals surface area (Å²) in [5, 5.41) is 8.48. The van der Waals surface area contributed by atoms with Gasteiger partial charge in [0.25, 0.3) is 11.8 Å². The molecule has 0 saturated carbocycles. The smallest absolute Gasteiger partial charge is 0.259 e. The van der Waals surface area contributed by atoms with Gasteiger partial charge in [-0.1, -0.05) is 38.8 Å². The van der Waals surface area contributed by atoms with Gasteiger partial charge in [-0.3, -0.25) is 4.79 Å². The molecule has 3 aromatic rings. The minimum atomic E-state index is -0.183. The van der Waals surface area contributed by atoms with Gasteiger partial charge in [0.15, 0.2) is 11.6 Å². The van der Waals surface area contributed by atoms with Crippen LogP contribution in [0.25, 0.3) is 17.3 Å². The van der Waals surface area contributed by atoms with Crippen molar-refractivity contribution >= 4 is 5.91 Å². The summed E-state index contributed by atoms with van der Waals surface area (Å²) >= 11 is 0. The maximum Gasteiger partial charge on any atom is 0.259 e. The van der Waals surface area contributed by atoms with Crippen LogP contribution >= 0.6 is 0 Å². The van der Waals surface area contributed by atoms with Crippen LogP contribution in [0.4, 0.5) is 0 Å². The van der Waals surface area contributed by atoms with Gasteiger partial charge in [0, 0.05) is 24.7 Å². The van der Waals surface area contributed by atoms with Crippen LogP contribution in [0.3, 0.4) is 0 Å². The zero-order valence-electron chi connectivity index (χ0n) is 18.1. The Morgan fingerprint density at radius 3 is 2.40 bits per heavy atom. The van der Waals surface area contributed by atoms with Gasteiger partial charge < -0.3 is 9.42 Å². The Balaban J connectivity index is 1.55. The first-order chi connectivity index (χ1) is 14.3. The van der Waals surface area contributed by atoms with Crippen molar-refractivity contribution in [3.8, 4) is 17.3 Å². The number of carbonyl (C=O) groups excluding carboxylic acids is 1. The van der Waals surface area contributed by atoms with E-state index >= 15 is 0 Å². The first-order valence-electron chi connectivity index (χ1n) is 10.5. The second-order valence-corrected chi connectivity index (χ2v) is 8.84. The first-order valence-corrected chi connectivity index (χ1v) is 10.5. The number of hydrogen-bond acceptors (Lipinski definition) is 6. The third-order valence-electron chi connectivity index (χ3n) is 5.44. The topological polar surface area (TPSA) is 89.9 Å². The second kappa shape index (κ2) is 8.01. The van der Waals surface area contributed by atoms with Crippen molar-refractivity contribution in [1.29, 1.82) is 0 Å². The number of pyridine rings is 1. The Morgan fingerprint density at radius 1 is 1.07 bits per heavy atom. The lowest BCUT2D eigenvalue weighted by molar-refractivity contribution is 0.0761. The quantitative estimate of drug-likeness (QED) is 0.652. The Labute approximate surface area is 176 Å². The summed E-state index contributed by atoms with van der Waals surface area (Å²) in [5.41, 5.74) is 1.98. The van der Waals surface area contributed by atoms with Gasteiger partial charge in [-0.2, -0.15) is 10.1 Å². The van der Waals surface area contributed by atoms with Crippen molar-refractivity contribution in [2.45, 2.75) is 58.8 Å². The molecule has 1 aliphatic heterocycles. The lowest BCUT2D eigenvalue weighted by Gasteiger charge is -2.19. The summed E-state index contributed by atoms with van der Waals surface area (Å²) in [6, 6.07) is 3.72. The molecule has 0 radical (unpaired) electrons. The molecular weight excluding hydrogens is 380 g/mol. The molecule has 1 aliphatic rings. The fourth-order valence-electron chi connectivity index (χ4n) is 3.58. The largest absolute Gasteiger partial charge is 0.339 e. The van der Waals surface area contributed by atoms with Gasteiger partial charge in [0.05, 0.1) is 23.0 Å². The van der Waals surface area contributed by atoms with Crippen LogP contribution in [0.15, 0.2) is 29.0 Å². The van der Waals surface area contributed by atoms with Crippen LogP contribution in [0.5, 0.6) is 0 Å². The molecule has 1 fully saturated rings. The van der Waals surface area contributed by atoms with E-state index in [1.807, 2.05) is 44.7 Å². The zero-order chi connectivity index (χ0) is 21.3. The third-order valence-corrected chi connectivity index (χ3v) is 5.44. The van der Waals surface area contributed by atoms with Crippen molar-refractivity contribution in [2.24, 2.45) is 0 Å². The Kier molecular flexibility index (Phi) is 5.40. The van der Waals surface area contributed by atoms with Crippen molar-refractivity contribution < 1.29 is 9.32 Å². The van der Waals surface area contributed by atoms with Crippen molar-refractivity contribution in [1.82, 2.24) is 29.8 Å². The van der Waals surface area contributed by atoms with Crippen molar-refractivity contribution in [3.63, 3.8) is 0 Å². The average molecular weight is 409 g/mol. The van der Waals surface area contributed by atoms with Gasteiger partial charge in [0.1, 0.15) is 0 Å². The molecule has 0 N–H and O–H groups in total. The van der Waals surface area contributed by atoms with E-state index in [1.165, 1.54) is 12.8 Å². The molecule has 0 unspecified atom stereocenters. The van der Waals surface area contributed by atoms with Crippen molar-refractivity contribution in [2.75, 3.05) is 13.1 Å². The molecule has 4 rings (SSSR count). The van der Waals surface area contributed by atoms with Crippen LogP contribution in [0.1, 0.15) is 68.3 Å². The summed E-state index contributed by atoms with van der Waals surface area (Å²) in [5.74, 6) is 1.79. The number of rotatable bonds is 3. The number of nitrogens with zero attached hydrogens (tertiary/aromatic N) is 6. The Hall–Kier alpha value is -3.03. The van der Waals surface area contributed by atoms with E-state index in [0.29, 0.717) is 23.1 Å². The van der Waals surface area contributed by atoms with Gasteiger partial charge in [-0.05, 0) is 31.9 Å². The molecule has 0 aromatic carbocycles. The van der Waals surface area contributed by atoms with Crippen LogP contribution in [0.2, 0.25) is 0 Å². The minimum Gasteiger partial charge on any atom is -0.339 e. The predicted octanol–water partition coefficient (Wildman–Crippen LogP) is 3.94. The third kappa shape index (κ3) is 3.99. The van der Waals surface area contributed by atoms with Crippen LogP contribution in [0, 0.1) is 6.92 Å². The van der Waals surface area contributed by atoms with Crippen LogP contribution in [-0.4, -0.2) is 48.8 Å². The van der Waals surface area contributed by atoms with E-state index in [2.05, 4.69) is 20.2 Å². The Morgan fingerprint density at radius 2 is 1.80 bits per heavy atom. The average Bonchev–Trinajstić information content (AvgIpc) is 3.27. The zero-order valence-corrected chi connectivity index (χ0v) is 18.1. The Bertz CT molecular complexity index is 1020. The molecule has 4 heterocycles. The number of hydrogen-bond donors (Lipinski definition) is 0. The molecule has 1 amide bonds. The number of carbonyl (C=O) groups is 1. The number of likely N-dealkylation sites (tertiary alicyclic amines) is 1. The standard InChI is InChI=1S/C22H28N6O2/c1-15-17(20(29)27-11-7-5-6-8-12-27)14-24-28(15)18-10-9-16(13-23-18)19-25-21(26-30-19)22(2,3)4/h9-10,13-14H,5-8,11-12H2,1-4H3. The molecule has 30 heavy (non-hydrogen) atoms. The van der Waals surface area contributed by atoms with Crippen LogP contribution < -0.4 is 0 Å². The lowest BCUT2D eigenvalue weighted by Crippen LogP contribution is -2.32. The molecule has 3 aromatic heterocycles. The summed E-state index contributed by atoms with van der Waals surface area (Å²) in [6.45, 7) is 9.64. The van der Waals surface area contributed by atoms with Gasteiger partial charge in [-0.25, -0.2) is 9.67 Å². The maximum atomic E-state index is 13.0. The van der Waals surface area contributed by atoms with Crippen LogP contribution in [-0.2, 0) is 5.41 Å². The maximum absolute atomic E-state index is 13.0. The highest BCUT2D eigenvalue weighted by atomic mass is 16.5. The second-order valence-electron chi connectivity index (χ2n) is 8.84. The molecule has 1 saturated heterocycles. The van der Waals surface area contributed by atoms with Gasteiger partial charge in [0.2, 0.25) is 0 Å². The van der Waals surface area contributed by atoms with E-state index in [1.54, 1.807) is 17.1 Å². The van der Waals surface area contributed by atoms with E-state index in [9.17, 15) is 4.79 Å². The summed E-state index contributed by atoms with van der Waals surface area (Å²) in [6.07, 6.45) is 7.84. The van der Waals surface area contributed by atoms with E-state index < -0.39 is 0 Å². The highest BCUT2D eigenvalue weighted by Gasteiger charge is 2.23. The van der Waals surface area contributed by atoms with E-state index in [0.717, 1.165) is 37.2 Å². The van der Waals surface area contributed by atoms with Gasteiger partial charge >= 0.3 is 0 Å². The molecular formula is C22H28N6O2. The first kappa shape index (κ1) is 20.3. The predicted molar refractivity (Wildman–Crippen MR) is 112 cm³/mol. The highest BCUT2D eigenvalue weighted by Crippen LogP contribution is 2.24. The minimum absolute atomic E-state index is 0.0536. The molecule has 0 spiro atoms. The molecule has 8 heteroatoms. The number of aromatic nitrogens is 5. The summed E-state index contributed by atoms with van der Waals surface area (Å²) < 4.78 is 7.08. The summed E-state index contributed by atoms with van der Waals surface area (Å²) in [7, 11) is 0. The molecule has 0 bridgehead atoms. The van der Waals surface area contributed by atoms with E-state index in [-0.39, 0.29) is 11.3 Å². The lowest BCUT2D eigenvalue weighted by atomic mass is 9.96. The van der Waals surface area contributed by atoms with E-state index in [4.69, 9.17) is 4.52 Å².